The van der Waals surface area contributed by atoms with E-state index < -0.39 is 11.5 Å². The average molecular weight is 418 g/mol. The van der Waals surface area contributed by atoms with Crippen molar-refractivity contribution in [2.45, 2.75) is 18.6 Å². The van der Waals surface area contributed by atoms with E-state index >= 15 is 0 Å². The maximum atomic E-state index is 13.2. The first-order valence-corrected chi connectivity index (χ1v) is 9.99. The number of aliphatic hydroxyl groups is 1. The largest absolute Gasteiger partial charge is 0.375 e. The Morgan fingerprint density at radius 1 is 1.00 bits per heavy atom. The lowest BCUT2D eigenvalue weighted by atomic mass is 9.89. The fraction of sp³-hybridized carbons (Fsp3) is 0.120. The van der Waals surface area contributed by atoms with Crippen molar-refractivity contribution in [3.63, 3.8) is 0 Å². The Kier molecular flexibility index (Phi) is 5.53. The molecular formula is C25H20ClNO3. The molecule has 1 heterocycles. The number of carbonyl (C=O) groups is 2. The van der Waals surface area contributed by atoms with Gasteiger partial charge in [-0.05, 0) is 35.4 Å². The molecule has 0 aliphatic carbocycles. The third-order valence-corrected chi connectivity index (χ3v) is 5.40. The fourth-order valence-electron chi connectivity index (χ4n) is 3.72. The smallest absolute Gasteiger partial charge is 0.264 e. The van der Waals surface area contributed by atoms with Crippen LogP contribution in [0.4, 0.5) is 5.69 Å². The monoisotopic (exact) mass is 417 g/mol. The first kappa shape index (κ1) is 20.1. The minimum atomic E-state index is -1.90. The molecule has 0 saturated carbocycles. The average Bonchev–Trinajstić information content (AvgIpc) is 2.95. The molecule has 30 heavy (non-hydrogen) atoms. The van der Waals surface area contributed by atoms with E-state index in [4.69, 9.17) is 11.6 Å². The number of benzene rings is 3. The van der Waals surface area contributed by atoms with Crippen LogP contribution < -0.4 is 4.90 Å². The highest BCUT2D eigenvalue weighted by Crippen LogP contribution is 2.43. The molecule has 0 spiro atoms. The summed E-state index contributed by atoms with van der Waals surface area (Å²) in [7, 11) is 0. The molecule has 1 N–H and O–H groups in total. The molecule has 0 aromatic heterocycles. The zero-order valence-corrected chi connectivity index (χ0v) is 16.9. The van der Waals surface area contributed by atoms with E-state index in [1.807, 2.05) is 42.5 Å². The Bertz CT molecular complexity index is 1130. The van der Waals surface area contributed by atoms with Gasteiger partial charge in [0.25, 0.3) is 5.91 Å². The first-order valence-electron chi connectivity index (χ1n) is 9.62. The lowest BCUT2D eigenvalue weighted by Crippen LogP contribution is -2.41. The van der Waals surface area contributed by atoms with E-state index in [1.165, 1.54) is 11.0 Å². The number of hydrogen-bond donors (Lipinski definition) is 1. The number of carbonyl (C=O) groups excluding carboxylic acids is 2. The second-order valence-electron chi connectivity index (χ2n) is 7.29. The minimum Gasteiger partial charge on any atom is -0.375 e. The van der Waals surface area contributed by atoms with Crippen LogP contribution in [0, 0.1) is 0 Å². The highest BCUT2D eigenvalue weighted by Gasteiger charge is 2.50. The number of amides is 1. The topological polar surface area (TPSA) is 57.6 Å². The first-order chi connectivity index (χ1) is 14.5. The molecule has 4 rings (SSSR count). The molecule has 3 aromatic rings. The summed E-state index contributed by atoms with van der Waals surface area (Å²) in [5.74, 6) is -0.834. The quantitative estimate of drug-likeness (QED) is 0.589. The number of allylic oxidation sites excluding steroid dienone is 1. The van der Waals surface area contributed by atoms with Crippen LogP contribution in [0.15, 0.2) is 84.9 Å². The van der Waals surface area contributed by atoms with Gasteiger partial charge >= 0.3 is 0 Å². The molecule has 4 nitrogen and oxygen atoms in total. The molecule has 1 atom stereocenters. The Morgan fingerprint density at radius 3 is 2.50 bits per heavy atom. The van der Waals surface area contributed by atoms with Crippen LogP contribution >= 0.6 is 11.6 Å². The third kappa shape index (κ3) is 3.92. The molecule has 0 unspecified atom stereocenters. The lowest BCUT2D eigenvalue weighted by Gasteiger charge is -2.22. The van der Waals surface area contributed by atoms with Crippen LogP contribution in [0.5, 0.6) is 0 Å². The van der Waals surface area contributed by atoms with Gasteiger partial charge in [-0.2, -0.15) is 0 Å². The van der Waals surface area contributed by atoms with Gasteiger partial charge in [-0.1, -0.05) is 78.3 Å². The SMILES string of the molecule is O=C(/C=C/c1ccccc1)C[C@]1(O)C(=O)N(Cc2cccc(Cl)c2)c2ccccc21. The Morgan fingerprint density at radius 2 is 1.73 bits per heavy atom. The van der Waals surface area contributed by atoms with Gasteiger partial charge < -0.3 is 10.0 Å². The molecule has 3 aromatic carbocycles. The van der Waals surface area contributed by atoms with E-state index in [0.717, 1.165) is 11.1 Å². The Hall–Kier alpha value is -3.21. The van der Waals surface area contributed by atoms with Crippen molar-refractivity contribution in [2.24, 2.45) is 0 Å². The number of rotatable bonds is 6. The molecule has 0 bridgehead atoms. The molecule has 0 saturated heterocycles. The van der Waals surface area contributed by atoms with Gasteiger partial charge in [0.05, 0.1) is 18.7 Å². The molecular weight excluding hydrogens is 398 g/mol. The maximum absolute atomic E-state index is 13.2. The van der Waals surface area contributed by atoms with Crippen molar-refractivity contribution in [1.29, 1.82) is 0 Å². The standard InChI is InChI=1S/C25H20ClNO3/c26-20-10-6-9-19(15-20)17-27-23-12-5-4-11-22(23)25(30,24(27)29)16-21(28)14-13-18-7-2-1-3-8-18/h1-15,30H,16-17H2/b14-13+/t25-/m1/s1. The predicted molar refractivity (Wildman–Crippen MR) is 118 cm³/mol. The molecule has 1 amide bonds. The van der Waals surface area contributed by atoms with Crippen LogP contribution in [0.1, 0.15) is 23.1 Å². The summed E-state index contributed by atoms with van der Waals surface area (Å²) in [6.07, 6.45) is 2.77. The lowest BCUT2D eigenvalue weighted by molar-refractivity contribution is -0.140. The normalized spacial score (nSPS) is 18.1. The summed E-state index contributed by atoms with van der Waals surface area (Å²) >= 11 is 6.07. The number of fused-ring (bicyclic) bond motifs is 1. The van der Waals surface area contributed by atoms with Gasteiger partial charge in [-0.15, -0.1) is 0 Å². The van der Waals surface area contributed by atoms with Crippen LogP contribution in [0.3, 0.4) is 0 Å². The van der Waals surface area contributed by atoms with E-state index in [-0.39, 0.29) is 18.7 Å². The molecule has 5 heteroatoms. The van der Waals surface area contributed by atoms with E-state index in [0.29, 0.717) is 16.3 Å². The number of hydrogen-bond acceptors (Lipinski definition) is 3. The molecule has 1 aliphatic heterocycles. The number of nitrogens with zero attached hydrogens (tertiary/aromatic N) is 1. The van der Waals surface area contributed by atoms with Crippen molar-refractivity contribution < 1.29 is 14.7 Å². The van der Waals surface area contributed by atoms with Crippen molar-refractivity contribution in [1.82, 2.24) is 0 Å². The van der Waals surface area contributed by atoms with Crippen LogP contribution in [-0.4, -0.2) is 16.8 Å². The van der Waals surface area contributed by atoms with E-state index in [2.05, 4.69) is 0 Å². The van der Waals surface area contributed by atoms with Gasteiger partial charge in [-0.3, -0.25) is 9.59 Å². The van der Waals surface area contributed by atoms with Crippen LogP contribution in [0.2, 0.25) is 5.02 Å². The highest BCUT2D eigenvalue weighted by molar-refractivity contribution is 6.30. The summed E-state index contributed by atoms with van der Waals surface area (Å²) < 4.78 is 0. The van der Waals surface area contributed by atoms with E-state index in [9.17, 15) is 14.7 Å². The zero-order chi connectivity index (χ0) is 21.1. The van der Waals surface area contributed by atoms with Crippen molar-refractivity contribution in [2.75, 3.05) is 4.90 Å². The van der Waals surface area contributed by atoms with Gasteiger partial charge in [0.15, 0.2) is 11.4 Å². The highest BCUT2D eigenvalue weighted by atomic mass is 35.5. The van der Waals surface area contributed by atoms with Crippen LogP contribution in [-0.2, 0) is 21.7 Å². The minimum absolute atomic E-state index is 0.257. The van der Waals surface area contributed by atoms with Gasteiger partial charge in [0.1, 0.15) is 0 Å². The summed E-state index contributed by atoms with van der Waals surface area (Å²) in [5, 5.41) is 11.9. The second-order valence-corrected chi connectivity index (χ2v) is 7.72. The van der Waals surface area contributed by atoms with Crippen LogP contribution in [0.25, 0.3) is 6.08 Å². The van der Waals surface area contributed by atoms with E-state index in [1.54, 1.807) is 42.5 Å². The van der Waals surface area contributed by atoms with Gasteiger partial charge in [0.2, 0.25) is 0 Å². The molecule has 1 aliphatic rings. The Balaban J connectivity index is 1.60. The number of para-hydroxylation sites is 1. The third-order valence-electron chi connectivity index (χ3n) is 5.16. The summed E-state index contributed by atoms with van der Waals surface area (Å²) in [6.45, 7) is 0.257. The summed E-state index contributed by atoms with van der Waals surface area (Å²) in [4.78, 5) is 27.4. The van der Waals surface area contributed by atoms with Crippen molar-refractivity contribution >= 4 is 35.1 Å². The van der Waals surface area contributed by atoms with Gasteiger partial charge in [0, 0.05) is 10.6 Å². The summed E-state index contributed by atoms with van der Waals surface area (Å²) in [5.41, 5.74) is 0.861. The molecule has 0 radical (unpaired) electrons. The second kappa shape index (κ2) is 8.27. The predicted octanol–water partition coefficient (Wildman–Crippen LogP) is 4.75. The number of ketones is 1. The van der Waals surface area contributed by atoms with Gasteiger partial charge in [-0.25, -0.2) is 0 Å². The van der Waals surface area contributed by atoms with Crippen molar-refractivity contribution in [3.05, 3.63) is 107 Å². The number of halogens is 1. The number of anilines is 1. The Labute approximate surface area is 180 Å². The van der Waals surface area contributed by atoms with Crippen molar-refractivity contribution in [3.8, 4) is 0 Å². The summed E-state index contributed by atoms with van der Waals surface area (Å²) in [6, 6.07) is 23.7. The fourth-order valence-corrected chi connectivity index (χ4v) is 3.93. The molecule has 0 fully saturated rings. The maximum Gasteiger partial charge on any atom is 0.264 e. The molecule has 150 valence electrons. The zero-order valence-electron chi connectivity index (χ0n) is 16.2.